The minimum absolute atomic E-state index is 0.00535. The van der Waals surface area contributed by atoms with Crippen LogP contribution in [0, 0.1) is 0 Å². The van der Waals surface area contributed by atoms with Gasteiger partial charge in [-0.2, -0.15) is 0 Å². The van der Waals surface area contributed by atoms with Crippen LogP contribution in [0.15, 0.2) is 60.2 Å². The molecular weight excluding hydrogens is 392 g/mol. The number of alkyl halides is 2. The Labute approximate surface area is 177 Å². The maximum atomic E-state index is 12.1. The predicted molar refractivity (Wildman–Crippen MR) is 114 cm³/mol. The summed E-state index contributed by atoms with van der Waals surface area (Å²) in [6.45, 7) is 4.91. The van der Waals surface area contributed by atoms with Crippen LogP contribution >= 0.6 is 0 Å². The summed E-state index contributed by atoms with van der Waals surface area (Å²) in [5, 5.41) is 8.92. The maximum absolute atomic E-state index is 12.1. The molecule has 1 unspecified atom stereocenters. The van der Waals surface area contributed by atoms with E-state index < -0.39 is 6.43 Å². The van der Waals surface area contributed by atoms with Gasteiger partial charge in [-0.05, 0) is 38.0 Å². The van der Waals surface area contributed by atoms with Crippen LogP contribution < -0.4 is 4.74 Å². The van der Waals surface area contributed by atoms with Crippen molar-refractivity contribution in [3.8, 4) is 5.75 Å². The first kappa shape index (κ1) is 25.5. The molecule has 1 aliphatic heterocycles. The third-order valence-corrected chi connectivity index (χ3v) is 4.39. The lowest BCUT2D eigenvalue weighted by Crippen LogP contribution is -2.33. The molecule has 30 heavy (non-hydrogen) atoms. The molecule has 0 saturated carbocycles. The molecule has 0 radical (unpaired) electrons. The fourth-order valence-electron chi connectivity index (χ4n) is 2.68. The molecule has 166 valence electrons. The number of hydrogen-bond donors (Lipinski definition) is 1. The lowest BCUT2D eigenvalue weighted by Gasteiger charge is -2.16. The van der Waals surface area contributed by atoms with E-state index in [1.54, 1.807) is 68.4 Å². The fraction of sp³-hybridized carbons (Fsp3) is 0.435. The van der Waals surface area contributed by atoms with Gasteiger partial charge in [0.15, 0.2) is 6.61 Å². The van der Waals surface area contributed by atoms with Gasteiger partial charge in [-0.1, -0.05) is 42.5 Å². The number of amides is 1. The van der Waals surface area contributed by atoms with Crippen molar-refractivity contribution in [2.75, 3.05) is 26.8 Å². The summed E-state index contributed by atoms with van der Waals surface area (Å²) < 4.78 is 34.8. The minimum atomic E-state index is -2.39. The van der Waals surface area contributed by atoms with E-state index in [1.807, 2.05) is 0 Å². The number of carbonyl (C=O) groups excluding carboxylic acids is 1. The monoisotopic (exact) mass is 423 g/mol. The van der Waals surface area contributed by atoms with Crippen molar-refractivity contribution >= 4 is 5.91 Å². The molecule has 1 N–H and O–H groups in total. The number of ether oxygens (including phenoxy) is 2. The lowest BCUT2D eigenvalue weighted by molar-refractivity contribution is -0.132. The highest BCUT2D eigenvalue weighted by molar-refractivity contribution is 5.78. The van der Waals surface area contributed by atoms with Gasteiger partial charge in [-0.3, -0.25) is 4.79 Å². The largest absolute Gasteiger partial charge is 0.484 e. The molecule has 1 aromatic rings. The number of aliphatic hydroxyl groups is 1. The summed E-state index contributed by atoms with van der Waals surface area (Å²) in [7, 11) is 1.66. The first-order valence-electron chi connectivity index (χ1n) is 9.82. The van der Waals surface area contributed by atoms with Crippen LogP contribution in [0.3, 0.4) is 0 Å². The molecule has 7 heteroatoms. The van der Waals surface area contributed by atoms with Crippen LogP contribution in [0.25, 0.3) is 0 Å². The Morgan fingerprint density at radius 1 is 1.27 bits per heavy atom. The lowest BCUT2D eigenvalue weighted by atomic mass is 10.2. The van der Waals surface area contributed by atoms with E-state index in [0.717, 1.165) is 18.5 Å². The Bertz CT molecular complexity index is 714. The third-order valence-electron chi connectivity index (χ3n) is 4.39. The summed E-state index contributed by atoms with van der Waals surface area (Å²) in [5.74, 6) is 0.610. The number of halogens is 2. The summed E-state index contributed by atoms with van der Waals surface area (Å²) in [5.41, 5.74) is 0.867. The normalized spacial score (nSPS) is 17.0. The molecule has 0 spiro atoms. The molecule has 1 fully saturated rings. The number of benzene rings is 1. The Morgan fingerprint density at radius 3 is 2.47 bits per heavy atom. The van der Waals surface area contributed by atoms with Gasteiger partial charge in [-0.15, -0.1) is 0 Å². The highest BCUT2D eigenvalue weighted by atomic mass is 19.3. The number of aliphatic hydroxyl groups excluding tert-OH is 1. The van der Waals surface area contributed by atoms with Crippen LogP contribution in [0.4, 0.5) is 8.78 Å². The quantitative estimate of drug-likeness (QED) is 0.639. The fourth-order valence-corrected chi connectivity index (χ4v) is 2.68. The number of hydrogen-bond acceptors (Lipinski definition) is 4. The smallest absolute Gasteiger partial charge is 0.263 e. The van der Waals surface area contributed by atoms with E-state index in [1.165, 1.54) is 12.2 Å². The Hall–Kier alpha value is -2.51. The first-order valence-corrected chi connectivity index (χ1v) is 9.82. The number of carbonyl (C=O) groups is 1. The van der Waals surface area contributed by atoms with Crippen molar-refractivity contribution < 1.29 is 28.2 Å². The molecule has 0 aromatic heterocycles. The number of nitrogens with zero attached hydrogens (tertiary/aromatic N) is 1. The molecule has 5 nitrogen and oxygen atoms in total. The summed E-state index contributed by atoms with van der Waals surface area (Å²) in [6.07, 6.45) is 6.37. The van der Waals surface area contributed by atoms with Gasteiger partial charge >= 0.3 is 0 Å². The molecule has 1 aromatic carbocycles. The summed E-state index contributed by atoms with van der Waals surface area (Å²) in [4.78, 5) is 13.7. The molecule has 1 heterocycles. The standard InChI is InChI=1S/C14H19NO4.C9H12F2/c1-18-13-6-7-15(8-13)14(17)10-19-12-4-2-11(9-16)3-5-12;1-3-5-7-8(6-4-2)9(10)11/h2-5,13,16H,6-10H2,1H3;3-7,9H,1-2H3/b;5-3-,6-4-,8-7+. The molecule has 1 atom stereocenters. The SMILES string of the molecule is COC1CCN(C(=O)COc2ccc(CO)cc2)C1.C\C=C/C=C(\C=C/C)C(F)F. The molecule has 1 aliphatic rings. The van der Waals surface area contributed by atoms with Gasteiger partial charge in [0.25, 0.3) is 12.3 Å². The predicted octanol–water partition coefficient (Wildman–Crippen LogP) is 4.14. The van der Waals surface area contributed by atoms with E-state index in [0.29, 0.717) is 12.3 Å². The van der Waals surface area contributed by atoms with Crippen LogP contribution in [0.1, 0.15) is 25.8 Å². The second kappa shape index (κ2) is 14.5. The van der Waals surface area contributed by atoms with Crippen LogP contribution in [0.2, 0.25) is 0 Å². The topological polar surface area (TPSA) is 59.0 Å². The van der Waals surface area contributed by atoms with Crippen molar-refractivity contribution in [2.24, 2.45) is 0 Å². The van der Waals surface area contributed by atoms with Gasteiger partial charge < -0.3 is 19.5 Å². The number of rotatable bonds is 8. The first-order chi connectivity index (χ1) is 14.4. The van der Waals surface area contributed by atoms with Gasteiger partial charge in [0.1, 0.15) is 5.75 Å². The van der Waals surface area contributed by atoms with E-state index in [4.69, 9.17) is 14.6 Å². The van der Waals surface area contributed by atoms with Crippen molar-refractivity contribution in [1.82, 2.24) is 4.90 Å². The zero-order chi connectivity index (χ0) is 22.4. The minimum Gasteiger partial charge on any atom is -0.484 e. The van der Waals surface area contributed by atoms with Crippen LogP contribution in [-0.2, 0) is 16.1 Å². The highest BCUT2D eigenvalue weighted by Crippen LogP contribution is 2.15. The van der Waals surface area contributed by atoms with E-state index >= 15 is 0 Å². The van der Waals surface area contributed by atoms with Crippen LogP contribution in [-0.4, -0.2) is 55.2 Å². The molecule has 0 aliphatic carbocycles. The van der Waals surface area contributed by atoms with Crippen molar-refractivity contribution in [3.63, 3.8) is 0 Å². The average Bonchev–Trinajstić information content (AvgIpc) is 3.25. The zero-order valence-corrected chi connectivity index (χ0v) is 17.8. The van der Waals surface area contributed by atoms with Gasteiger partial charge in [0.2, 0.25) is 0 Å². The van der Waals surface area contributed by atoms with E-state index in [-0.39, 0.29) is 30.8 Å². The van der Waals surface area contributed by atoms with Crippen LogP contribution in [0.5, 0.6) is 5.75 Å². The van der Waals surface area contributed by atoms with Gasteiger partial charge in [-0.25, -0.2) is 8.78 Å². The van der Waals surface area contributed by atoms with Crippen molar-refractivity contribution in [2.45, 2.75) is 39.4 Å². The Kier molecular flexibility index (Phi) is 12.3. The second-order valence-electron chi connectivity index (χ2n) is 6.57. The molecule has 2 rings (SSSR count). The van der Waals surface area contributed by atoms with Crippen molar-refractivity contribution in [3.05, 3.63) is 65.8 Å². The molecule has 1 saturated heterocycles. The highest BCUT2D eigenvalue weighted by Gasteiger charge is 2.26. The maximum Gasteiger partial charge on any atom is 0.263 e. The number of methoxy groups -OCH3 is 1. The van der Waals surface area contributed by atoms with Gasteiger partial charge in [0.05, 0.1) is 12.7 Å². The second-order valence-corrected chi connectivity index (χ2v) is 6.57. The molecular formula is C23H31F2NO4. The number of allylic oxidation sites excluding steroid dienone is 6. The van der Waals surface area contributed by atoms with E-state index in [9.17, 15) is 13.6 Å². The van der Waals surface area contributed by atoms with Gasteiger partial charge in [0, 0.05) is 25.8 Å². The average molecular weight is 424 g/mol. The van der Waals surface area contributed by atoms with E-state index in [2.05, 4.69) is 0 Å². The third kappa shape index (κ3) is 9.33. The summed E-state index contributed by atoms with van der Waals surface area (Å²) >= 11 is 0. The molecule has 0 bridgehead atoms. The Morgan fingerprint density at radius 2 is 1.97 bits per heavy atom. The Balaban J connectivity index is 0.000000352. The van der Waals surface area contributed by atoms with Crippen molar-refractivity contribution in [1.29, 1.82) is 0 Å². The molecule has 1 amide bonds. The summed E-state index contributed by atoms with van der Waals surface area (Å²) in [6, 6.07) is 7.05. The number of likely N-dealkylation sites (tertiary alicyclic amines) is 1. The zero-order valence-electron chi connectivity index (χ0n) is 17.8.